The third-order valence-corrected chi connectivity index (χ3v) is 3.04. The predicted octanol–water partition coefficient (Wildman–Crippen LogP) is 1.04. The Morgan fingerprint density at radius 1 is 1.24 bits per heavy atom. The number of benzene rings is 1. The first-order valence-corrected chi connectivity index (χ1v) is 6.38. The molecule has 1 aromatic heterocycles. The first-order valence-electron chi connectivity index (χ1n) is 6.38. The Hall–Kier alpha value is -2.47. The van der Waals surface area contributed by atoms with E-state index < -0.39 is 5.82 Å². The van der Waals surface area contributed by atoms with Gasteiger partial charge in [-0.15, -0.1) is 0 Å². The van der Waals surface area contributed by atoms with E-state index in [4.69, 9.17) is 5.11 Å². The smallest absolute Gasteiger partial charge is 0.255 e. The molecule has 1 amide bonds. The van der Waals surface area contributed by atoms with Crippen LogP contribution in [0.15, 0.2) is 47.4 Å². The van der Waals surface area contributed by atoms with Crippen molar-refractivity contribution in [2.45, 2.75) is 0 Å². The molecule has 0 radical (unpaired) electrons. The number of aliphatic hydroxyl groups is 1. The molecule has 110 valence electrons. The van der Waals surface area contributed by atoms with E-state index in [9.17, 15) is 14.0 Å². The number of pyridine rings is 1. The van der Waals surface area contributed by atoms with Crippen molar-refractivity contribution >= 4 is 5.91 Å². The summed E-state index contributed by atoms with van der Waals surface area (Å²) < 4.78 is 14.2. The molecular weight excluding hydrogens is 275 g/mol. The van der Waals surface area contributed by atoms with E-state index >= 15 is 0 Å². The van der Waals surface area contributed by atoms with Crippen molar-refractivity contribution in [2.24, 2.45) is 0 Å². The monoisotopic (exact) mass is 290 g/mol. The molecule has 0 unspecified atom stereocenters. The second kappa shape index (κ2) is 6.32. The molecule has 0 bridgehead atoms. The minimum Gasteiger partial charge on any atom is -0.395 e. The van der Waals surface area contributed by atoms with Gasteiger partial charge in [0.25, 0.3) is 11.5 Å². The molecule has 0 aliphatic carbocycles. The molecule has 6 heteroatoms. The van der Waals surface area contributed by atoms with E-state index in [1.54, 1.807) is 7.05 Å². The number of hydrogen-bond donors (Lipinski definition) is 1. The molecule has 0 aliphatic heterocycles. The fraction of sp³-hybridized carbons (Fsp3) is 0.200. The highest BCUT2D eigenvalue weighted by Crippen LogP contribution is 2.09. The molecule has 21 heavy (non-hydrogen) atoms. The summed E-state index contributed by atoms with van der Waals surface area (Å²) in [6.07, 6.45) is 1.41. The second-order valence-corrected chi connectivity index (χ2v) is 4.55. The number of likely N-dealkylation sites (N-methyl/N-ethyl adjacent to an activating group) is 1. The molecule has 1 N–H and O–H groups in total. The number of nitrogens with zero attached hydrogens (tertiary/aromatic N) is 2. The lowest BCUT2D eigenvalue weighted by molar-refractivity contribution is 0.0766. The first kappa shape index (κ1) is 14.9. The zero-order chi connectivity index (χ0) is 15.4. The second-order valence-electron chi connectivity index (χ2n) is 4.55. The minimum absolute atomic E-state index is 0.139. The summed E-state index contributed by atoms with van der Waals surface area (Å²) in [6, 6.07) is 8.12. The normalized spacial score (nSPS) is 10.4. The van der Waals surface area contributed by atoms with Gasteiger partial charge in [-0.3, -0.25) is 14.2 Å². The number of carbonyl (C=O) groups excluding carboxylic acids is 1. The highest BCUT2D eigenvalue weighted by molar-refractivity contribution is 5.93. The molecule has 0 saturated heterocycles. The molecular formula is C15H15FN2O3. The van der Waals surface area contributed by atoms with Crippen molar-refractivity contribution < 1.29 is 14.3 Å². The van der Waals surface area contributed by atoms with Gasteiger partial charge >= 0.3 is 0 Å². The summed E-state index contributed by atoms with van der Waals surface area (Å²) in [5.74, 6) is -0.707. The van der Waals surface area contributed by atoms with Crippen LogP contribution in [0.1, 0.15) is 10.4 Å². The summed E-state index contributed by atoms with van der Waals surface area (Å²) in [5, 5.41) is 8.85. The van der Waals surface area contributed by atoms with E-state index in [0.717, 1.165) is 0 Å². The Morgan fingerprint density at radius 2 is 1.90 bits per heavy atom. The van der Waals surface area contributed by atoms with Gasteiger partial charge in [-0.1, -0.05) is 0 Å². The van der Waals surface area contributed by atoms with E-state index in [1.807, 2.05) is 0 Å². The standard InChI is InChI=1S/C15H15FN2O3/c1-17(8-9-19)15(21)11-2-7-14(20)18(10-11)13-5-3-12(16)4-6-13/h2-7,10,19H,8-9H2,1H3. The lowest BCUT2D eigenvalue weighted by atomic mass is 10.2. The fourth-order valence-corrected chi connectivity index (χ4v) is 1.89. The van der Waals surface area contributed by atoms with Crippen LogP contribution in [-0.2, 0) is 0 Å². The highest BCUT2D eigenvalue weighted by atomic mass is 19.1. The number of halogens is 1. The fourth-order valence-electron chi connectivity index (χ4n) is 1.89. The number of aliphatic hydroxyl groups excluding tert-OH is 1. The Bertz CT molecular complexity index is 695. The maximum Gasteiger partial charge on any atom is 0.255 e. The van der Waals surface area contributed by atoms with E-state index in [1.165, 1.54) is 52.1 Å². The maximum absolute atomic E-state index is 12.9. The highest BCUT2D eigenvalue weighted by Gasteiger charge is 2.13. The average molecular weight is 290 g/mol. The quantitative estimate of drug-likeness (QED) is 0.915. The van der Waals surface area contributed by atoms with Crippen LogP contribution in [0.4, 0.5) is 4.39 Å². The largest absolute Gasteiger partial charge is 0.395 e. The van der Waals surface area contributed by atoms with Crippen molar-refractivity contribution in [3.8, 4) is 5.69 Å². The topological polar surface area (TPSA) is 62.5 Å². The van der Waals surface area contributed by atoms with Crippen LogP contribution in [0.2, 0.25) is 0 Å². The number of carbonyl (C=O) groups is 1. The number of aromatic nitrogens is 1. The SMILES string of the molecule is CN(CCO)C(=O)c1ccc(=O)n(-c2ccc(F)cc2)c1. The Kier molecular flexibility index (Phi) is 4.49. The first-order chi connectivity index (χ1) is 10.0. The zero-order valence-electron chi connectivity index (χ0n) is 11.5. The van der Waals surface area contributed by atoms with Crippen LogP contribution in [0.25, 0.3) is 5.69 Å². The van der Waals surface area contributed by atoms with Gasteiger partial charge in [-0.25, -0.2) is 4.39 Å². The predicted molar refractivity (Wildman–Crippen MR) is 76.0 cm³/mol. The van der Waals surface area contributed by atoms with Crippen LogP contribution in [0, 0.1) is 5.82 Å². The Balaban J connectivity index is 2.40. The average Bonchev–Trinajstić information content (AvgIpc) is 2.48. The molecule has 0 atom stereocenters. The van der Waals surface area contributed by atoms with Gasteiger partial charge in [-0.05, 0) is 30.3 Å². The minimum atomic E-state index is -0.401. The van der Waals surface area contributed by atoms with Crippen LogP contribution in [0.3, 0.4) is 0 Å². The van der Waals surface area contributed by atoms with E-state index in [2.05, 4.69) is 0 Å². The zero-order valence-corrected chi connectivity index (χ0v) is 11.5. The van der Waals surface area contributed by atoms with Gasteiger partial charge in [0.15, 0.2) is 0 Å². The van der Waals surface area contributed by atoms with Crippen molar-refractivity contribution in [1.82, 2.24) is 9.47 Å². The van der Waals surface area contributed by atoms with Gasteiger partial charge in [0.1, 0.15) is 5.82 Å². The van der Waals surface area contributed by atoms with Crippen molar-refractivity contribution in [3.05, 3.63) is 64.3 Å². The third-order valence-electron chi connectivity index (χ3n) is 3.04. The molecule has 1 aromatic carbocycles. The molecule has 0 spiro atoms. The van der Waals surface area contributed by atoms with Crippen LogP contribution < -0.4 is 5.56 Å². The number of hydrogen-bond acceptors (Lipinski definition) is 3. The number of amides is 1. The lowest BCUT2D eigenvalue weighted by Crippen LogP contribution is -2.30. The van der Waals surface area contributed by atoms with Crippen LogP contribution in [0.5, 0.6) is 0 Å². The molecule has 2 aromatic rings. The third kappa shape index (κ3) is 3.35. The van der Waals surface area contributed by atoms with E-state index in [0.29, 0.717) is 11.3 Å². The van der Waals surface area contributed by atoms with Crippen molar-refractivity contribution in [1.29, 1.82) is 0 Å². The Labute approximate surface area is 120 Å². The summed E-state index contributed by atoms with van der Waals surface area (Å²) >= 11 is 0. The van der Waals surface area contributed by atoms with Gasteiger partial charge in [-0.2, -0.15) is 0 Å². The van der Waals surface area contributed by atoms with Crippen LogP contribution in [-0.4, -0.2) is 40.7 Å². The molecule has 0 saturated carbocycles. The van der Waals surface area contributed by atoms with Crippen molar-refractivity contribution in [2.75, 3.05) is 20.2 Å². The maximum atomic E-state index is 12.9. The summed E-state index contributed by atoms with van der Waals surface area (Å²) in [5.41, 5.74) is 0.471. The molecule has 0 fully saturated rings. The van der Waals surface area contributed by atoms with Crippen LogP contribution >= 0.6 is 0 Å². The summed E-state index contributed by atoms with van der Waals surface area (Å²) in [7, 11) is 1.56. The van der Waals surface area contributed by atoms with Crippen molar-refractivity contribution in [3.63, 3.8) is 0 Å². The summed E-state index contributed by atoms with van der Waals surface area (Å²) in [4.78, 5) is 25.4. The van der Waals surface area contributed by atoms with Gasteiger partial charge < -0.3 is 10.0 Å². The molecule has 2 rings (SSSR count). The Morgan fingerprint density at radius 3 is 2.52 bits per heavy atom. The lowest BCUT2D eigenvalue weighted by Gasteiger charge is -2.16. The van der Waals surface area contributed by atoms with Gasteiger partial charge in [0, 0.05) is 31.5 Å². The molecule has 5 nitrogen and oxygen atoms in total. The summed E-state index contributed by atoms with van der Waals surface area (Å²) in [6.45, 7) is 0.0638. The van der Waals surface area contributed by atoms with Gasteiger partial charge in [0.05, 0.1) is 12.2 Å². The molecule has 0 aliphatic rings. The molecule has 1 heterocycles. The van der Waals surface area contributed by atoms with E-state index in [-0.39, 0.29) is 24.6 Å². The van der Waals surface area contributed by atoms with Gasteiger partial charge in [0.2, 0.25) is 0 Å². The number of rotatable bonds is 4.